The molecule has 0 heterocycles. The Balaban J connectivity index is 2.86. The van der Waals surface area contributed by atoms with Crippen LogP contribution in [0.5, 0.6) is 0 Å². The molecule has 4 N–H and O–H groups in total. The Kier molecular flexibility index (Phi) is 5.67. The second-order valence-corrected chi connectivity index (χ2v) is 6.59. The van der Waals surface area contributed by atoms with Crippen molar-refractivity contribution in [2.45, 2.75) is 38.3 Å². The molecule has 0 aliphatic carbocycles. The lowest BCUT2D eigenvalue weighted by Gasteiger charge is -2.12. The number of benzene rings is 1. The number of hydrogen-bond donors (Lipinski definition) is 3. The molecule has 1 rings (SSSR count). The van der Waals surface area contributed by atoms with Gasteiger partial charge >= 0.3 is 0 Å². The van der Waals surface area contributed by atoms with Gasteiger partial charge in [-0.3, -0.25) is 4.79 Å². The first kappa shape index (κ1) is 16.6. The van der Waals surface area contributed by atoms with E-state index in [0.717, 1.165) is 5.56 Å². The zero-order valence-electron chi connectivity index (χ0n) is 11.9. The molecule has 0 radical (unpaired) electrons. The minimum atomic E-state index is -3.72. The van der Waals surface area contributed by atoms with Crippen molar-refractivity contribution in [3.8, 4) is 0 Å². The summed E-state index contributed by atoms with van der Waals surface area (Å²) >= 11 is 0. The second-order valence-electron chi connectivity index (χ2n) is 4.85. The summed E-state index contributed by atoms with van der Waals surface area (Å²) in [6.45, 7) is 5.29. The van der Waals surface area contributed by atoms with E-state index in [-0.39, 0.29) is 29.9 Å². The topological polar surface area (TPSA) is 101 Å². The number of amides is 1. The zero-order valence-corrected chi connectivity index (χ0v) is 12.8. The second kappa shape index (κ2) is 6.83. The quantitative estimate of drug-likeness (QED) is 0.701. The standard InChI is InChI=1S/C13H21N3O3S/c1-9(2)16-13(17)8-15-20(18,19)12-6-11(7-14)5-4-10(12)3/h4-6,9,15H,7-8,14H2,1-3H3,(H,16,17). The monoisotopic (exact) mass is 299 g/mol. The summed E-state index contributed by atoms with van der Waals surface area (Å²) < 4.78 is 26.7. The van der Waals surface area contributed by atoms with Crippen molar-refractivity contribution in [1.82, 2.24) is 10.0 Å². The fraction of sp³-hybridized carbons (Fsp3) is 0.462. The van der Waals surface area contributed by atoms with Crippen molar-refractivity contribution >= 4 is 15.9 Å². The van der Waals surface area contributed by atoms with E-state index in [2.05, 4.69) is 10.0 Å². The lowest BCUT2D eigenvalue weighted by Crippen LogP contribution is -2.39. The van der Waals surface area contributed by atoms with E-state index in [9.17, 15) is 13.2 Å². The molecule has 0 saturated carbocycles. The molecule has 0 bridgehead atoms. The highest BCUT2D eigenvalue weighted by Gasteiger charge is 2.18. The summed E-state index contributed by atoms with van der Waals surface area (Å²) in [4.78, 5) is 11.6. The van der Waals surface area contributed by atoms with Gasteiger partial charge in [0.25, 0.3) is 0 Å². The molecule has 20 heavy (non-hydrogen) atoms. The van der Waals surface area contributed by atoms with Crippen LogP contribution in [-0.4, -0.2) is 26.9 Å². The first-order valence-corrected chi connectivity index (χ1v) is 7.83. The first-order chi connectivity index (χ1) is 9.26. The third kappa shape index (κ3) is 4.59. The van der Waals surface area contributed by atoms with E-state index in [1.807, 2.05) is 0 Å². The number of carbonyl (C=O) groups is 1. The van der Waals surface area contributed by atoms with Crippen LogP contribution in [0.2, 0.25) is 0 Å². The van der Waals surface area contributed by atoms with Gasteiger partial charge in [0.15, 0.2) is 0 Å². The Bertz CT molecular complexity index is 583. The average Bonchev–Trinajstić information content (AvgIpc) is 2.36. The normalized spacial score (nSPS) is 11.7. The first-order valence-electron chi connectivity index (χ1n) is 6.35. The molecular formula is C13H21N3O3S. The maximum atomic E-state index is 12.2. The van der Waals surface area contributed by atoms with Gasteiger partial charge < -0.3 is 11.1 Å². The highest BCUT2D eigenvalue weighted by atomic mass is 32.2. The average molecular weight is 299 g/mol. The molecule has 0 atom stereocenters. The summed E-state index contributed by atoms with van der Waals surface area (Å²) in [5.74, 6) is -0.365. The summed E-state index contributed by atoms with van der Waals surface area (Å²) in [5, 5.41) is 2.62. The van der Waals surface area contributed by atoms with Crippen LogP contribution in [0, 0.1) is 6.92 Å². The number of nitrogens with one attached hydrogen (secondary N) is 2. The van der Waals surface area contributed by atoms with Crippen LogP contribution < -0.4 is 15.8 Å². The van der Waals surface area contributed by atoms with Gasteiger partial charge in [-0.15, -0.1) is 0 Å². The molecule has 1 aromatic rings. The van der Waals surface area contributed by atoms with Crippen molar-refractivity contribution in [2.75, 3.05) is 6.54 Å². The van der Waals surface area contributed by atoms with Crippen molar-refractivity contribution in [3.05, 3.63) is 29.3 Å². The molecule has 0 saturated heterocycles. The van der Waals surface area contributed by atoms with Crippen LogP contribution >= 0.6 is 0 Å². The van der Waals surface area contributed by atoms with Gasteiger partial charge in [0.1, 0.15) is 0 Å². The number of hydrogen-bond acceptors (Lipinski definition) is 4. The molecule has 0 aliphatic heterocycles. The SMILES string of the molecule is Cc1ccc(CN)cc1S(=O)(=O)NCC(=O)NC(C)C. The van der Waals surface area contributed by atoms with Crippen molar-refractivity contribution in [2.24, 2.45) is 5.73 Å². The van der Waals surface area contributed by atoms with Gasteiger partial charge in [-0.1, -0.05) is 12.1 Å². The Labute approximate surface area is 119 Å². The summed E-state index contributed by atoms with van der Waals surface area (Å²) in [6.07, 6.45) is 0. The van der Waals surface area contributed by atoms with Gasteiger partial charge in [0.2, 0.25) is 15.9 Å². The minimum Gasteiger partial charge on any atom is -0.353 e. The summed E-state index contributed by atoms with van der Waals surface area (Å²) in [5.41, 5.74) is 6.84. The van der Waals surface area contributed by atoms with Crippen LogP contribution in [0.4, 0.5) is 0 Å². The Hall–Kier alpha value is -1.44. The highest BCUT2D eigenvalue weighted by molar-refractivity contribution is 7.89. The van der Waals surface area contributed by atoms with Gasteiger partial charge in [0.05, 0.1) is 11.4 Å². The number of aryl methyl sites for hydroxylation is 1. The molecular weight excluding hydrogens is 278 g/mol. The molecule has 0 aromatic heterocycles. The third-order valence-electron chi connectivity index (χ3n) is 2.65. The smallest absolute Gasteiger partial charge is 0.241 e. The van der Waals surface area contributed by atoms with Gasteiger partial charge in [-0.2, -0.15) is 0 Å². The Morgan fingerprint density at radius 3 is 2.55 bits per heavy atom. The number of nitrogens with two attached hydrogens (primary N) is 1. The molecule has 0 unspecified atom stereocenters. The van der Waals surface area contributed by atoms with Gasteiger partial charge in [-0.25, -0.2) is 13.1 Å². The molecule has 0 fully saturated rings. The Morgan fingerprint density at radius 1 is 1.35 bits per heavy atom. The van der Waals surface area contributed by atoms with Crippen LogP contribution in [0.3, 0.4) is 0 Å². The predicted octanol–water partition coefficient (Wildman–Crippen LogP) is 0.257. The van der Waals surface area contributed by atoms with E-state index in [4.69, 9.17) is 5.73 Å². The summed E-state index contributed by atoms with van der Waals surface area (Å²) in [7, 11) is -3.72. The molecule has 0 spiro atoms. The fourth-order valence-electron chi connectivity index (χ4n) is 1.67. The molecule has 1 amide bonds. The van der Waals surface area contributed by atoms with Crippen molar-refractivity contribution in [3.63, 3.8) is 0 Å². The molecule has 7 heteroatoms. The van der Waals surface area contributed by atoms with Crippen LogP contribution in [0.15, 0.2) is 23.1 Å². The van der Waals surface area contributed by atoms with Crippen LogP contribution in [0.1, 0.15) is 25.0 Å². The molecule has 1 aromatic carbocycles. The lowest BCUT2D eigenvalue weighted by molar-refractivity contribution is -0.120. The number of rotatable bonds is 6. The maximum absolute atomic E-state index is 12.2. The van der Waals surface area contributed by atoms with E-state index in [0.29, 0.717) is 5.56 Å². The number of carbonyl (C=O) groups excluding carboxylic acids is 1. The predicted molar refractivity (Wildman–Crippen MR) is 77.5 cm³/mol. The van der Waals surface area contributed by atoms with Crippen LogP contribution in [0.25, 0.3) is 0 Å². The molecule has 6 nitrogen and oxygen atoms in total. The van der Waals surface area contributed by atoms with E-state index in [1.54, 1.807) is 32.9 Å². The molecule has 112 valence electrons. The Morgan fingerprint density at radius 2 is 2.00 bits per heavy atom. The van der Waals surface area contributed by atoms with Crippen molar-refractivity contribution < 1.29 is 13.2 Å². The maximum Gasteiger partial charge on any atom is 0.241 e. The highest BCUT2D eigenvalue weighted by Crippen LogP contribution is 2.16. The van der Waals surface area contributed by atoms with E-state index < -0.39 is 10.0 Å². The van der Waals surface area contributed by atoms with Crippen molar-refractivity contribution in [1.29, 1.82) is 0 Å². The molecule has 0 aliphatic rings. The van der Waals surface area contributed by atoms with E-state index >= 15 is 0 Å². The zero-order chi connectivity index (χ0) is 15.3. The number of sulfonamides is 1. The minimum absolute atomic E-state index is 0.0330. The van der Waals surface area contributed by atoms with Crippen LogP contribution in [-0.2, 0) is 21.4 Å². The van der Waals surface area contributed by atoms with Gasteiger partial charge in [-0.05, 0) is 38.0 Å². The third-order valence-corrected chi connectivity index (χ3v) is 4.19. The van der Waals surface area contributed by atoms with E-state index in [1.165, 1.54) is 6.07 Å². The lowest BCUT2D eigenvalue weighted by atomic mass is 10.1. The fourth-order valence-corrected chi connectivity index (χ4v) is 2.95. The largest absolute Gasteiger partial charge is 0.353 e. The summed E-state index contributed by atoms with van der Waals surface area (Å²) in [6, 6.07) is 4.97. The van der Waals surface area contributed by atoms with Gasteiger partial charge in [0, 0.05) is 12.6 Å².